The summed E-state index contributed by atoms with van der Waals surface area (Å²) >= 11 is 0. The van der Waals surface area contributed by atoms with E-state index < -0.39 is 25.2 Å². The van der Waals surface area contributed by atoms with E-state index in [1.54, 1.807) is 0 Å². The minimum atomic E-state index is -4.25. The standard InChI is InChI=1S/C11H19F3N2O2/c12-11(13,14)4-5-15-10(18)16-7-8-2-1-3-9(17)6-8/h8-9,17H,1-7H2,(H2,15,16,18). The van der Waals surface area contributed by atoms with Crippen LogP contribution in [0.3, 0.4) is 0 Å². The van der Waals surface area contributed by atoms with Gasteiger partial charge in [-0.2, -0.15) is 13.2 Å². The number of alkyl halides is 3. The lowest BCUT2D eigenvalue weighted by molar-refractivity contribution is -0.132. The second-order valence-electron chi connectivity index (χ2n) is 4.69. The van der Waals surface area contributed by atoms with Crippen LogP contribution >= 0.6 is 0 Å². The molecule has 106 valence electrons. The van der Waals surface area contributed by atoms with Crippen molar-refractivity contribution in [1.29, 1.82) is 0 Å². The van der Waals surface area contributed by atoms with Crippen molar-refractivity contribution in [3.05, 3.63) is 0 Å². The molecule has 2 unspecified atom stereocenters. The van der Waals surface area contributed by atoms with Gasteiger partial charge in [-0.15, -0.1) is 0 Å². The van der Waals surface area contributed by atoms with Gasteiger partial charge in [-0.1, -0.05) is 6.42 Å². The second kappa shape index (κ2) is 6.82. The van der Waals surface area contributed by atoms with Crippen LogP contribution in [0.4, 0.5) is 18.0 Å². The number of halogens is 3. The highest BCUT2D eigenvalue weighted by Crippen LogP contribution is 2.23. The zero-order valence-electron chi connectivity index (χ0n) is 10.1. The van der Waals surface area contributed by atoms with E-state index in [4.69, 9.17) is 0 Å². The fraction of sp³-hybridized carbons (Fsp3) is 0.909. The third-order valence-electron chi connectivity index (χ3n) is 3.00. The fourth-order valence-corrected chi connectivity index (χ4v) is 2.07. The van der Waals surface area contributed by atoms with Gasteiger partial charge in [0.2, 0.25) is 0 Å². The lowest BCUT2D eigenvalue weighted by Gasteiger charge is -2.25. The lowest BCUT2D eigenvalue weighted by atomic mass is 9.87. The van der Waals surface area contributed by atoms with Gasteiger partial charge >= 0.3 is 12.2 Å². The molecule has 2 amide bonds. The first kappa shape index (κ1) is 15.1. The highest BCUT2D eigenvalue weighted by Gasteiger charge is 2.26. The average molecular weight is 268 g/mol. The largest absolute Gasteiger partial charge is 0.393 e. The summed E-state index contributed by atoms with van der Waals surface area (Å²) in [4.78, 5) is 11.2. The summed E-state index contributed by atoms with van der Waals surface area (Å²) in [6.07, 6.45) is -2.32. The van der Waals surface area contributed by atoms with Crippen LogP contribution in [0.15, 0.2) is 0 Å². The van der Waals surface area contributed by atoms with Crippen molar-refractivity contribution in [1.82, 2.24) is 10.6 Å². The molecule has 0 spiro atoms. The van der Waals surface area contributed by atoms with Gasteiger partial charge in [0, 0.05) is 13.1 Å². The van der Waals surface area contributed by atoms with Gasteiger partial charge < -0.3 is 15.7 Å². The van der Waals surface area contributed by atoms with Crippen molar-refractivity contribution in [2.45, 2.75) is 44.4 Å². The van der Waals surface area contributed by atoms with E-state index in [-0.39, 0.29) is 12.0 Å². The van der Waals surface area contributed by atoms with E-state index in [9.17, 15) is 23.1 Å². The highest BCUT2D eigenvalue weighted by molar-refractivity contribution is 5.73. The van der Waals surface area contributed by atoms with Crippen molar-refractivity contribution in [3.63, 3.8) is 0 Å². The quantitative estimate of drug-likeness (QED) is 0.728. The van der Waals surface area contributed by atoms with Gasteiger partial charge in [0.25, 0.3) is 0 Å². The molecular weight excluding hydrogens is 249 g/mol. The average Bonchev–Trinajstić information content (AvgIpc) is 2.25. The van der Waals surface area contributed by atoms with Crippen LogP contribution in [-0.4, -0.2) is 36.5 Å². The Morgan fingerprint density at radius 1 is 1.28 bits per heavy atom. The predicted octanol–water partition coefficient (Wildman–Crippen LogP) is 1.79. The molecule has 1 rings (SSSR count). The fourth-order valence-electron chi connectivity index (χ4n) is 2.07. The molecule has 1 aliphatic carbocycles. The molecule has 0 heterocycles. The number of amides is 2. The van der Waals surface area contributed by atoms with Gasteiger partial charge in [-0.05, 0) is 25.2 Å². The van der Waals surface area contributed by atoms with Crippen molar-refractivity contribution in [3.8, 4) is 0 Å². The van der Waals surface area contributed by atoms with Crippen molar-refractivity contribution in [2.24, 2.45) is 5.92 Å². The van der Waals surface area contributed by atoms with Crippen LogP contribution in [0.2, 0.25) is 0 Å². The molecule has 0 aromatic carbocycles. The molecule has 1 saturated carbocycles. The summed E-state index contributed by atoms with van der Waals surface area (Å²) in [5.41, 5.74) is 0. The minimum absolute atomic E-state index is 0.210. The van der Waals surface area contributed by atoms with E-state index in [0.29, 0.717) is 13.0 Å². The second-order valence-corrected chi connectivity index (χ2v) is 4.69. The van der Waals surface area contributed by atoms with Crippen LogP contribution in [0.5, 0.6) is 0 Å². The zero-order chi connectivity index (χ0) is 13.6. The summed E-state index contributed by atoms with van der Waals surface area (Å²) in [6.45, 7) is -0.0163. The molecule has 1 fully saturated rings. The number of hydrogen-bond donors (Lipinski definition) is 3. The van der Waals surface area contributed by atoms with Gasteiger partial charge in [-0.3, -0.25) is 0 Å². The maximum atomic E-state index is 11.8. The molecule has 7 heteroatoms. The molecule has 0 aromatic rings. The normalized spacial score (nSPS) is 24.7. The molecule has 0 aromatic heterocycles. The lowest BCUT2D eigenvalue weighted by Crippen LogP contribution is -2.40. The summed E-state index contributed by atoms with van der Waals surface area (Å²) < 4.78 is 35.5. The third kappa shape index (κ3) is 6.68. The van der Waals surface area contributed by atoms with Crippen LogP contribution < -0.4 is 10.6 Å². The van der Waals surface area contributed by atoms with E-state index in [2.05, 4.69) is 10.6 Å². The minimum Gasteiger partial charge on any atom is -0.393 e. The molecule has 18 heavy (non-hydrogen) atoms. The Kier molecular flexibility index (Phi) is 5.71. The summed E-state index contributed by atoms with van der Waals surface area (Å²) in [5.74, 6) is 0.210. The number of hydrogen-bond acceptors (Lipinski definition) is 2. The van der Waals surface area contributed by atoms with Crippen LogP contribution in [0.25, 0.3) is 0 Å². The van der Waals surface area contributed by atoms with Gasteiger partial charge in [-0.25, -0.2) is 4.79 Å². The van der Waals surface area contributed by atoms with Gasteiger partial charge in [0.15, 0.2) is 0 Å². The Morgan fingerprint density at radius 2 is 2.00 bits per heavy atom. The number of carbonyl (C=O) groups excluding carboxylic acids is 1. The molecule has 0 bridgehead atoms. The monoisotopic (exact) mass is 268 g/mol. The first-order valence-corrected chi connectivity index (χ1v) is 6.13. The van der Waals surface area contributed by atoms with Crippen molar-refractivity contribution >= 4 is 6.03 Å². The molecular formula is C11H19F3N2O2. The predicted molar refractivity (Wildman–Crippen MR) is 60.0 cm³/mol. The molecule has 0 aliphatic heterocycles. The Bertz CT molecular complexity index is 272. The Hall–Kier alpha value is -0.980. The van der Waals surface area contributed by atoms with Gasteiger partial charge in [0.1, 0.15) is 0 Å². The van der Waals surface area contributed by atoms with E-state index >= 15 is 0 Å². The number of urea groups is 1. The zero-order valence-corrected chi connectivity index (χ0v) is 10.1. The Morgan fingerprint density at radius 3 is 2.61 bits per heavy atom. The Balaban J connectivity index is 2.09. The molecule has 0 saturated heterocycles. The smallest absolute Gasteiger partial charge is 0.390 e. The van der Waals surface area contributed by atoms with Crippen molar-refractivity contribution < 1.29 is 23.1 Å². The maximum Gasteiger partial charge on any atom is 0.390 e. The van der Waals surface area contributed by atoms with Crippen molar-refractivity contribution in [2.75, 3.05) is 13.1 Å². The topological polar surface area (TPSA) is 61.4 Å². The summed E-state index contributed by atoms with van der Waals surface area (Å²) in [7, 11) is 0. The number of aliphatic hydroxyl groups is 1. The number of aliphatic hydroxyl groups excluding tert-OH is 1. The van der Waals surface area contributed by atoms with Crippen LogP contribution in [0.1, 0.15) is 32.1 Å². The Labute approximate surface area is 104 Å². The SMILES string of the molecule is O=C(NCCC(F)(F)F)NCC1CCCC(O)C1. The summed E-state index contributed by atoms with van der Waals surface area (Å²) in [6, 6.07) is -0.584. The molecule has 2 atom stereocenters. The summed E-state index contributed by atoms with van der Waals surface area (Å²) in [5, 5.41) is 14.1. The molecule has 3 N–H and O–H groups in total. The highest BCUT2D eigenvalue weighted by atomic mass is 19.4. The molecule has 1 aliphatic rings. The van der Waals surface area contributed by atoms with Crippen LogP contribution in [0, 0.1) is 5.92 Å². The molecule has 0 radical (unpaired) electrons. The van der Waals surface area contributed by atoms with E-state index in [1.165, 1.54) is 0 Å². The third-order valence-corrected chi connectivity index (χ3v) is 3.00. The molecule has 4 nitrogen and oxygen atoms in total. The van der Waals surface area contributed by atoms with Crippen LogP contribution in [-0.2, 0) is 0 Å². The van der Waals surface area contributed by atoms with Gasteiger partial charge in [0.05, 0.1) is 12.5 Å². The number of nitrogens with one attached hydrogen (secondary N) is 2. The first-order chi connectivity index (χ1) is 8.37. The maximum absolute atomic E-state index is 11.8. The number of carbonyl (C=O) groups is 1. The van der Waals surface area contributed by atoms with E-state index in [1.807, 2.05) is 0 Å². The van der Waals surface area contributed by atoms with E-state index in [0.717, 1.165) is 19.3 Å². The first-order valence-electron chi connectivity index (χ1n) is 6.13. The number of rotatable bonds is 4.